The number of alkyl halides is 3. The minimum atomic E-state index is -4.28. The summed E-state index contributed by atoms with van der Waals surface area (Å²) < 4.78 is 43.4. The van der Waals surface area contributed by atoms with Crippen molar-refractivity contribution in [3.63, 3.8) is 0 Å². The molecule has 0 unspecified atom stereocenters. The van der Waals surface area contributed by atoms with Crippen molar-refractivity contribution in [1.29, 1.82) is 5.26 Å². The zero-order valence-corrected chi connectivity index (χ0v) is 17.1. The number of halogens is 3. The molecule has 1 saturated heterocycles. The lowest BCUT2D eigenvalue weighted by Crippen LogP contribution is -2.64. The molecule has 0 aromatic carbocycles. The molecular formula is C20H19F3N9+. The van der Waals surface area contributed by atoms with Gasteiger partial charge in [0.1, 0.15) is 16.9 Å². The van der Waals surface area contributed by atoms with E-state index < -0.39 is 18.3 Å². The first kappa shape index (κ1) is 20.2. The van der Waals surface area contributed by atoms with Crippen LogP contribution in [0.4, 0.5) is 13.2 Å². The van der Waals surface area contributed by atoms with Gasteiger partial charge >= 0.3 is 6.18 Å². The predicted octanol–water partition coefficient (Wildman–Crippen LogP) is 1.90. The monoisotopic (exact) mass is 442 g/mol. The summed E-state index contributed by atoms with van der Waals surface area (Å²) in [7, 11) is 1.82. The number of hydrogen-bond acceptors (Lipinski definition) is 5. The van der Waals surface area contributed by atoms with E-state index in [0.717, 1.165) is 11.1 Å². The molecule has 164 valence electrons. The minimum absolute atomic E-state index is 0.0694. The second-order valence-corrected chi connectivity index (χ2v) is 8.09. The predicted molar refractivity (Wildman–Crippen MR) is 106 cm³/mol. The van der Waals surface area contributed by atoms with Gasteiger partial charge in [0.2, 0.25) is 6.20 Å². The molecule has 0 amide bonds. The fourth-order valence-corrected chi connectivity index (χ4v) is 4.22. The Hall–Kier alpha value is -3.72. The van der Waals surface area contributed by atoms with Gasteiger partial charge in [0.05, 0.1) is 37.6 Å². The summed E-state index contributed by atoms with van der Waals surface area (Å²) in [4.78, 5) is 6.08. The Bertz CT molecular complexity index is 1320. The number of likely N-dealkylation sites (tertiary alicyclic amines) is 1. The highest BCUT2D eigenvalue weighted by Crippen LogP contribution is 2.35. The molecule has 9 nitrogen and oxygen atoms in total. The Labute approximate surface area is 180 Å². The van der Waals surface area contributed by atoms with Crippen LogP contribution in [0.3, 0.4) is 0 Å². The quantitative estimate of drug-likeness (QED) is 0.477. The molecule has 32 heavy (non-hydrogen) atoms. The highest BCUT2D eigenvalue weighted by Gasteiger charge is 2.48. The second kappa shape index (κ2) is 7.16. The van der Waals surface area contributed by atoms with E-state index in [4.69, 9.17) is 4.98 Å². The van der Waals surface area contributed by atoms with E-state index in [0.29, 0.717) is 17.0 Å². The summed E-state index contributed by atoms with van der Waals surface area (Å²) >= 11 is 0. The number of aromatic nitrogens is 7. The van der Waals surface area contributed by atoms with Gasteiger partial charge in [-0.3, -0.25) is 14.3 Å². The Morgan fingerprint density at radius 3 is 2.69 bits per heavy atom. The van der Waals surface area contributed by atoms with E-state index in [1.54, 1.807) is 34.2 Å². The molecule has 0 saturated carbocycles. The Morgan fingerprint density at radius 2 is 2.00 bits per heavy atom. The molecule has 1 aliphatic rings. The van der Waals surface area contributed by atoms with E-state index in [1.165, 1.54) is 4.90 Å². The first-order valence-electron chi connectivity index (χ1n) is 9.87. The van der Waals surface area contributed by atoms with Gasteiger partial charge < -0.3 is 0 Å². The van der Waals surface area contributed by atoms with Gasteiger partial charge in [-0.2, -0.15) is 33.7 Å². The van der Waals surface area contributed by atoms with Crippen LogP contribution >= 0.6 is 0 Å². The van der Waals surface area contributed by atoms with Crippen LogP contribution in [0.2, 0.25) is 0 Å². The number of H-pyrrole nitrogens is 1. The fraction of sp³-hybridized carbons (Fsp3) is 0.350. The van der Waals surface area contributed by atoms with Crippen LogP contribution in [0.1, 0.15) is 6.42 Å². The van der Waals surface area contributed by atoms with Gasteiger partial charge in [-0.1, -0.05) is 4.52 Å². The van der Waals surface area contributed by atoms with E-state index in [2.05, 4.69) is 21.4 Å². The van der Waals surface area contributed by atoms with E-state index >= 15 is 0 Å². The number of fused-ring (bicyclic) bond motifs is 1. The summed E-state index contributed by atoms with van der Waals surface area (Å²) in [6, 6.07) is 3.98. The summed E-state index contributed by atoms with van der Waals surface area (Å²) in [5.41, 5.74) is 2.94. The number of nitrogens with zero attached hydrogens (tertiary/aromatic N) is 8. The Morgan fingerprint density at radius 1 is 1.22 bits per heavy atom. The maximum absolute atomic E-state index is 12.7. The number of rotatable bonds is 5. The van der Waals surface area contributed by atoms with Gasteiger partial charge in [0.25, 0.3) is 5.52 Å². The number of nitrogens with one attached hydrogen (secondary N) is 1. The molecule has 1 N–H and O–H groups in total. The van der Waals surface area contributed by atoms with Crippen molar-refractivity contribution in [2.75, 3.05) is 19.6 Å². The minimum Gasteiger partial charge on any atom is -0.290 e. The summed E-state index contributed by atoms with van der Waals surface area (Å²) in [5, 5.41) is 21.0. The third-order valence-corrected chi connectivity index (χ3v) is 5.63. The van der Waals surface area contributed by atoms with Crippen LogP contribution < -0.4 is 4.52 Å². The van der Waals surface area contributed by atoms with Gasteiger partial charge in [0.15, 0.2) is 0 Å². The summed E-state index contributed by atoms with van der Waals surface area (Å²) in [6.07, 6.45) is 6.40. The number of nitriles is 1. The topological polar surface area (TPSA) is 95.5 Å². The van der Waals surface area contributed by atoms with Gasteiger partial charge in [-0.15, -0.1) is 0 Å². The van der Waals surface area contributed by atoms with Gasteiger partial charge in [-0.05, 0) is 0 Å². The van der Waals surface area contributed by atoms with Crippen molar-refractivity contribution in [2.24, 2.45) is 7.05 Å². The molecule has 1 aliphatic heterocycles. The van der Waals surface area contributed by atoms with E-state index in [1.807, 2.05) is 30.0 Å². The van der Waals surface area contributed by atoms with E-state index in [-0.39, 0.29) is 19.5 Å². The van der Waals surface area contributed by atoms with Gasteiger partial charge in [0, 0.05) is 49.7 Å². The zero-order chi connectivity index (χ0) is 22.5. The molecule has 0 atom stereocenters. The van der Waals surface area contributed by atoms with Crippen LogP contribution in [-0.4, -0.2) is 60.4 Å². The normalized spacial score (nSPS) is 16.2. The first-order valence-corrected chi connectivity index (χ1v) is 9.87. The van der Waals surface area contributed by atoms with Crippen molar-refractivity contribution in [3.05, 3.63) is 43.2 Å². The second-order valence-electron chi connectivity index (χ2n) is 8.09. The third-order valence-electron chi connectivity index (χ3n) is 5.63. The SMILES string of the molecule is Cn1cc(-c2c[n+]3[nH]ccc3c(-c3cnn(C4(CC#N)CN(CC(F)(F)F)C4)c3)n2)cn1. The highest BCUT2D eigenvalue weighted by atomic mass is 19.4. The molecule has 0 spiro atoms. The van der Waals surface area contributed by atoms with Crippen LogP contribution in [0.15, 0.2) is 43.2 Å². The lowest BCUT2D eigenvalue weighted by molar-refractivity contribution is -0.576. The lowest BCUT2D eigenvalue weighted by Gasteiger charge is -2.49. The molecular weight excluding hydrogens is 423 g/mol. The van der Waals surface area contributed by atoms with Crippen molar-refractivity contribution >= 4 is 5.52 Å². The van der Waals surface area contributed by atoms with E-state index in [9.17, 15) is 18.4 Å². The average Bonchev–Trinajstić information content (AvgIpc) is 3.44. The Balaban J connectivity index is 1.51. The number of aromatic amines is 1. The molecule has 4 aromatic rings. The largest absolute Gasteiger partial charge is 0.401 e. The van der Waals surface area contributed by atoms with Crippen LogP contribution in [0.5, 0.6) is 0 Å². The lowest BCUT2D eigenvalue weighted by atomic mass is 9.87. The summed E-state index contributed by atoms with van der Waals surface area (Å²) in [5.74, 6) is 0. The summed E-state index contributed by atoms with van der Waals surface area (Å²) in [6.45, 7) is -0.777. The van der Waals surface area contributed by atoms with Crippen LogP contribution in [0, 0.1) is 11.3 Å². The molecule has 0 aliphatic carbocycles. The molecule has 5 rings (SSSR count). The fourth-order valence-electron chi connectivity index (χ4n) is 4.22. The molecule has 5 heterocycles. The molecule has 12 heteroatoms. The average molecular weight is 442 g/mol. The Kier molecular flexibility index (Phi) is 4.52. The molecule has 0 radical (unpaired) electrons. The van der Waals surface area contributed by atoms with Crippen LogP contribution in [-0.2, 0) is 12.6 Å². The zero-order valence-electron chi connectivity index (χ0n) is 17.1. The molecule has 1 fully saturated rings. The maximum atomic E-state index is 12.7. The first-order chi connectivity index (χ1) is 15.3. The molecule has 0 bridgehead atoms. The third kappa shape index (κ3) is 3.50. The number of hydrogen-bond donors (Lipinski definition) is 1. The number of aryl methyl sites for hydroxylation is 1. The standard InChI is InChI=1S/C20H18F3N9/c1-29-8-14(6-26-29)16-10-31-17(2-5-25-31)18(28-16)15-7-27-32(9-15)19(3-4-24)11-30(12-19)13-20(21,22)23/h2,5-10H,3,11-13H2,1H3/p+1. The van der Waals surface area contributed by atoms with Gasteiger partial charge in [-0.25, -0.2) is 4.98 Å². The van der Waals surface area contributed by atoms with Crippen molar-refractivity contribution in [3.8, 4) is 28.6 Å². The highest BCUT2D eigenvalue weighted by molar-refractivity contribution is 5.75. The van der Waals surface area contributed by atoms with Crippen LogP contribution in [0.25, 0.3) is 28.0 Å². The van der Waals surface area contributed by atoms with Crippen molar-refractivity contribution in [2.45, 2.75) is 18.1 Å². The smallest absolute Gasteiger partial charge is 0.290 e. The molecule has 4 aromatic heterocycles. The van der Waals surface area contributed by atoms with Crippen molar-refractivity contribution < 1.29 is 17.7 Å². The van der Waals surface area contributed by atoms with Crippen molar-refractivity contribution in [1.82, 2.24) is 34.5 Å². The maximum Gasteiger partial charge on any atom is 0.401 e.